The second kappa shape index (κ2) is 8.72. The van der Waals surface area contributed by atoms with Crippen molar-refractivity contribution in [2.75, 3.05) is 19.6 Å². The molecule has 1 aliphatic carbocycles. The van der Waals surface area contributed by atoms with Crippen LogP contribution in [0.25, 0.3) is 0 Å². The topological polar surface area (TPSA) is 66.5 Å². The Labute approximate surface area is 161 Å². The molecular weight excluding hydrogens is 372 g/mol. The molecule has 0 atom stereocenters. The van der Waals surface area contributed by atoms with Crippen molar-refractivity contribution < 1.29 is 13.2 Å². The molecule has 0 aromatic heterocycles. The van der Waals surface area contributed by atoms with Gasteiger partial charge in [-0.25, -0.2) is 8.42 Å². The standard InChI is InChI=1S/C19H27ClN2O3S/c20-17-10-9-16(19(23)21-14-15-7-3-4-8-15)13-18(17)26(24,25)22-11-5-1-2-6-12-22/h9-10,13,15H,1-8,11-12,14H2,(H,21,23). The highest BCUT2D eigenvalue weighted by atomic mass is 35.5. The highest BCUT2D eigenvalue weighted by Crippen LogP contribution is 2.28. The van der Waals surface area contributed by atoms with Gasteiger partial charge in [-0.15, -0.1) is 0 Å². The Morgan fingerprint density at radius 2 is 1.73 bits per heavy atom. The van der Waals surface area contributed by atoms with E-state index in [0.29, 0.717) is 31.1 Å². The van der Waals surface area contributed by atoms with Crippen molar-refractivity contribution >= 4 is 27.5 Å². The Balaban J connectivity index is 1.76. The van der Waals surface area contributed by atoms with Crippen molar-refractivity contribution in [2.45, 2.75) is 56.3 Å². The van der Waals surface area contributed by atoms with Crippen LogP contribution in [0.2, 0.25) is 5.02 Å². The molecule has 1 aromatic carbocycles. The number of benzene rings is 1. The summed E-state index contributed by atoms with van der Waals surface area (Å²) in [6.45, 7) is 1.67. The second-order valence-electron chi connectivity index (χ2n) is 7.32. The summed E-state index contributed by atoms with van der Waals surface area (Å²) in [4.78, 5) is 12.5. The van der Waals surface area contributed by atoms with Gasteiger partial charge in [0.2, 0.25) is 10.0 Å². The van der Waals surface area contributed by atoms with Gasteiger partial charge in [0.05, 0.1) is 5.02 Å². The van der Waals surface area contributed by atoms with Crippen molar-refractivity contribution in [3.05, 3.63) is 28.8 Å². The molecule has 1 aliphatic heterocycles. The zero-order chi connectivity index (χ0) is 18.6. The summed E-state index contributed by atoms with van der Waals surface area (Å²) < 4.78 is 27.5. The summed E-state index contributed by atoms with van der Waals surface area (Å²) in [7, 11) is -3.68. The Morgan fingerprint density at radius 1 is 1.08 bits per heavy atom. The first-order chi connectivity index (χ1) is 12.5. The first-order valence-electron chi connectivity index (χ1n) is 9.56. The van der Waals surface area contributed by atoms with E-state index in [1.165, 1.54) is 29.3 Å². The Kier molecular flexibility index (Phi) is 6.59. The van der Waals surface area contributed by atoms with Crippen molar-refractivity contribution in [3.63, 3.8) is 0 Å². The second-order valence-corrected chi connectivity index (χ2v) is 9.64. The number of halogens is 1. The highest BCUT2D eigenvalue weighted by Gasteiger charge is 2.28. The molecule has 1 heterocycles. The SMILES string of the molecule is O=C(NCC1CCCC1)c1ccc(Cl)c(S(=O)(=O)N2CCCCCC2)c1. The zero-order valence-electron chi connectivity index (χ0n) is 15.0. The fourth-order valence-corrected chi connectivity index (χ4v) is 5.83. The molecule has 1 saturated heterocycles. The molecule has 1 saturated carbocycles. The zero-order valence-corrected chi connectivity index (χ0v) is 16.6. The van der Waals surface area contributed by atoms with Crippen LogP contribution in [0.1, 0.15) is 61.7 Å². The number of hydrogen-bond donors (Lipinski definition) is 1. The van der Waals surface area contributed by atoms with Crippen LogP contribution in [0, 0.1) is 5.92 Å². The van der Waals surface area contributed by atoms with E-state index < -0.39 is 10.0 Å². The van der Waals surface area contributed by atoms with Gasteiger partial charge < -0.3 is 5.32 Å². The van der Waals surface area contributed by atoms with Crippen LogP contribution in [-0.4, -0.2) is 38.3 Å². The average molecular weight is 399 g/mol. The van der Waals surface area contributed by atoms with Gasteiger partial charge in [0.15, 0.2) is 0 Å². The third-order valence-corrected chi connectivity index (χ3v) is 7.78. The van der Waals surface area contributed by atoms with E-state index in [9.17, 15) is 13.2 Å². The number of nitrogens with one attached hydrogen (secondary N) is 1. The van der Waals surface area contributed by atoms with Gasteiger partial charge in [0, 0.05) is 25.2 Å². The van der Waals surface area contributed by atoms with Crippen LogP contribution in [-0.2, 0) is 10.0 Å². The Bertz CT molecular complexity index is 737. The molecule has 144 valence electrons. The van der Waals surface area contributed by atoms with Gasteiger partial charge in [-0.1, -0.05) is 37.3 Å². The smallest absolute Gasteiger partial charge is 0.251 e. The van der Waals surface area contributed by atoms with E-state index >= 15 is 0 Å². The molecule has 26 heavy (non-hydrogen) atoms. The van der Waals surface area contributed by atoms with Gasteiger partial charge in [0.1, 0.15) is 4.90 Å². The molecule has 1 N–H and O–H groups in total. The van der Waals surface area contributed by atoms with Crippen LogP contribution in [0.3, 0.4) is 0 Å². The number of carbonyl (C=O) groups excluding carboxylic acids is 1. The molecule has 0 radical (unpaired) electrons. The summed E-state index contributed by atoms with van der Waals surface area (Å²) in [5.74, 6) is 0.299. The van der Waals surface area contributed by atoms with Crippen molar-refractivity contribution in [3.8, 4) is 0 Å². The molecule has 1 amide bonds. The van der Waals surface area contributed by atoms with Gasteiger partial charge in [-0.2, -0.15) is 4.31 Å². The minimum Gasteiger partial charge on any atom is -0.352 e. The third kappa shape index (κ3) is 4.59. The minimum atomic E-state index is -3.68. The lowest BCUT2D eigenvalue weighted by Gasteiger charge is -2.21. The quantitative estimate of drug-likeness (QED) is 0.819. The molecule has 2 fully saturated rings. The maximum atomic E-state index is 13.0. The molecule has 7 heteroatoms. The number of nitrogens with zero attached hydrogens (tertiary/aromatic N) is 1. The largest absolute Gasteiger partial charge is 0.352 e. The molecule has 0 bridgehead atoms. The first kappa shape index (κ1) is 19.6. The number of rotatable bonds is 5. The van der Waals surface area contributed by atoms with Crippen molar-refractivity contribution in [1.82, 2.24) is 9.62 Å². The first-order valence-corrected chi connectivity index (χ1v) is 11.4. The lowest BCUT2D eigenvalue weighted by atomic mass is 10.1. The van der Waals surface area contributed by atoms with E-state index in [2.05, 4.69) is 5.32 Å². The van der Waals surface area contributed by atoms with Gasteiger partial charge in [0.25, 0.3) is 5.91 Å². The lowest BCUT2D eigenvalue weighted by Crippen LogP contribution is -2.32. The molecule has 1 aromatic rings. The number of hydrogen-bond acceptors (Lipinski definition) is 3. The predicted molar refractivity (Wildman–Crippen MR) is 103 cm³/mol. The molecule has 2 aliphatic rings. The third-order valence-electron chi connectivity index (χ3n) is 5.40. The van der Waals surface area contributed by atoms with E-state index in [4.69, 9.17) is 11.6 Å². The number of carbonyl (C=O) groups is 1. The van der Waals surface area contributed by atoms with Gasteiger partial charge in [-0.3, -0.25) is 4.79 Å². The molecule has 0 spiro atoms. The van der Waals surface area contributed by atoms with E-state index in [1.54, 1.807) is 6.07 Å². The van der Waals surface area contributed by atoms with Gasteiger partial charge in [-0.05, 0) is 49.8 Å². The van der Waals surface area contributed by atoms with Crippen LogP contribution in [0.5, 0.6) is 0 Å². The lowest BCUT2D eigenvalue weighted by molar-refractivity contribution is 0.0947. The summed E-state index contributed by atoms with van der Waals surface area (Å²) in [6, 6.07) is 4.52. The average Bonchev–Trinajstić information content (AvgIpc) is 2.99. The molecular formula is C19H27ClN2O3S. The highest BCUT2D eigenvalue weighted by molar-refractivity contribution is 7.89. The number of amides is 1. The summed E-state index contributed by atoms with van der Waals surface area (Å²) in [5.41, 5.74) is 0.348. The number of sulfonamides is 1. The predicted octanol–water partition coefficient (Wildman–Crippen LogP) is 3.82. The van der Waals surface area contributed by atoms with Crippen molar-refractivity contribution in [2.24, 2.45) is 5.92 Å². The van der Waals surface area contributed by atoms with E-state index in [-0.39, 0.29) is 15.8 Å². The van der Waals surface area contributed by atoms with Crippen LogP contribution >= 0.6 is 11.6 Å². The Hall–Kier alpha value is -1.11. The van der Waals surface area contributed by atoms with E-state index in [1.807, 2.05) is 0 Å². The maximum Gasteiger partial charge on any atom is 0.251 e. The Morgan fingerprint density at radius 3 is 2.38 bits per heavy atom. The van der Waals surface area contributed by atoms with Crippen LogP contribution in [0.4, 0.5) is 0 Å². The maximum absolute atomic E-state index is 13.0. The normalized spacial score (nSPS) is 20.0. The van der Waals surface area contributed by atoms with Crippen molar-refractivity contribution in [1.29, 1.82) is 0 Å². The monoisotopic (exact) mass is 398 g/mol. The van der Waals surface area contributed by atoms with Gasteiger partial charge >= 0.3 is 0 Å². The van der Waals surface area contributed by atoms with E-state index in [0.717, 1.165) is 38.5 Å². The fraction of sp³-hybridized carbons (Fsp3) is 0.632. The molecule has 3 rings (SSSR count). The van der Waals surface area contributed by atoms with Crippen LogP contribution in [0.15, 0.2) is 23.1 Å². The summed E-state index contributed by atoms with van der Waals surface area (Å²) in [5, 5.41) is 3.11. The fourth-order valence-electron chi connectivity index (χ4n) is 3.82. The summed E-state index contributed by atoms with van der Waals surface area (Å²) >= 11 is 6.19. The molecule has 5 nitrogen and oxygen atoms in total. The van der Waals surface area contributed by atoms with Crippen LogP contribution < -0.4 is 5.32 Å². The minimum absolute atomic E-state index is 0.0367. The summed E-state index contributed by atoms with van der Waals surface area (Å²) in [6.07, 6.45) is 8.55. The molecule has 0 unspecified atom stereocenters.